The Morgan fingerprint density at radius 2 is 1.69 bits per heavy atom. The van der Waals surface area contributed by atoms with Crippen LogP contribution >= 0.6 is 11.6 Å². The zero-order valence-electron chi connectivity index (χ0n) is 6.74. The van der Waals surface area contributed by atoms with Gasteiger partial charge in [-0.05, 0) is 18.5 Å². The second kappa shape index (κ2) is 3.53. The Morgan fingerprint density at radius 3 is 1.77 bits per heavy atom. The van der Waals surface area contributed by atoms with Crippen LogP contribution in [0.2, 0.25) is 0 Å². The van der Waals surface area contributed by atoms with Gasteiger partial charge in [0.05, 0.1) is 0 Å². The Balaban J connectivity index is 4.96. The largest absolute Gasteiger partial charge is 0.440 e. The van der Waals surface area contributed by atoms with Crippen molar-refractivity contribution in [3.05, 3.63) is 0 Å². The van der Waals surface area contributed by atoms with Crippen molar-refractivity contribution in [1.29, 1.82) is 0 Å². The van der Waals surface area contributed by atoms with Crippen molar-refractivity contribution in [2.75, 3.05) is 0 Å². The number of alkyl halides is 3. The van der Waals surface area contributed by atoms with Crippen LogP contribution in [0.5, 0.6) is 0 Å². The van der Waals surface area contributed by atoms with E-state index in [0.29, 0.717) is 6.92 Å². The van der Waals surface area contributed by atoms with Crippen molar-refractivity contribution in [3.8, 4) is 0 Å². The van der Waals surface area contributed by atoms with Crippen molar-refractivity contribution in [1.82, 2.24) is 0 Å². The monoisotopic (exact) mass is 218 g/mol. The molecule has 13 heavy (non-hydrogen) atoms. The molecule has 0 aliphatic carbocycles. The van der Waals surface area contributed by atoms with Crippen molar-refractivity contribution in [2.24, 2.45) is 0 Å². The highest BCUT2D eigenvalue weighted by Gasteiger charge is 2.59. The van der Waals surface area contributed by atoms with E-state index in [9.17, 15) is 22.8 Å². The molecule has 76 valence electrons. The van der Waals surface area contributed by atoms with Gasteiger partial charge in [-0.3, -0.25) is 9.59 Å². The molecular formula is C6H6ClF3O3. The first-order chi connectivity index (χ1) is 5.61. The van der Waals surface area contributed by atoms with Crippen LogP contribution in [0.3, 0.4) is 0 Å². The Labute approximate surface area is 76.8 Å². The molecule has 0 saturated carbocycles. The van der Waals surface area contributed by atoms with Crippen LogP contribution in [0.25, 0.3) is 0 Å². The summed E-state index contributed by atoms with van der Waals surface area (Å²) < 4.78 is 40.2. The van der Waals surface area contributed by atoms with Crippen LogP contribution in [0.15, 0.2) is 0 Å². The van der Waals surface area contributed by atoms with Crippen LogP contribution < -0.4 is 0 Å². The third kappa shape index (κ3) is 2.58. The van der Waals surface area contributed by atoms with Gasteiger partial charge >= 0.3 is 12.1 Å². The molecule has 0 aromatic rings. The van der Waals surface area contributed by atoms with Crippen molar-refractivity contribution >= 4 is 22.8 Å². The summed E-state index contributed by atoms with van der Waals surface area (Å²) >= 11 is 4.68. The first-order valence-electron chi connectivity index (χ1n) is 3.07. The third-order valence-corrected chi connectivity index (χ3v) is 1.62. The molecule has 0 N–H and O–H groups in total. The number of halogens is 4. The lowest BCUT2D eigenvalue weighted by molar-refractivity contribution is -0.250. The highest BCUT2D eigenvalue weighted by molar-refractivity contribution is 6.65. The van der Waals surface area contributed by atoms with E-state index in [4.69, 9.17) is 0 Å². The van der Waals surface area contributed by atoms with Gasteiger partial charge in [-0.25, -0.2) is 0 Å². The minimum absolute atomic E-state index is 0.393. The zero-order valence-corrected chi connectivity index (χ0v) is 7.49. The molecule has 0 unspecified atom stereocenters. The van der Waals surface area contributed by atoms with Gasteiger partial charge in [-0.1, -0.05) is 0 Å². The second-order valence-electron chi connectivity index (χ2n) is 2.40. The van der Waals surface area contributed by atoms with Crippen molar-refractivity contribution < 1.29 is 27.5 Å². The number of hydrogen-bond acceptors (Lipinski definition) is 3. The van der Waals surface area contributed by atoms with Crippen LogP contribution in [0.4, 0.5) is 13.2 Å². The molecule has 0 amide bonds. The minimum atomic E-state index is -5.02. The molecule has 0 bridgehead atoms. The number of ether oxygens (including phenoxy) is 1. The number of rotatable bonds is 2. The highest BCUT2D eigenvalue weighted by atomic mass is 35.5. The van der Waals surface area contributed by atoms with Crippen LogP contribution in [-0.4, -0.2) is 23.0 Å². The maximum Gasteiger partial charge on any atom is 0.436 e. The summed E-state index contributed by atoms with van der Waals surface area (Å²) in [6, 6.07) is 0. The quantitative estimate of drug-likeness (QED) is 0.523. The average Bonchev–Trinajstić information content (AvgIpc) is 1.82. The van der Waals surface area contributed by atoms with Gasteiger partial charge in [0.15, 0.2) is 0 Å². The van der Waals surface area contributed by atoms with E-state index in [1.807, 2.05) is 0 Å². The molecule has 0 fully saturated rings. The standard InChI is InChI=1S/C6H6ClF3O3/c1-3(11)13-5(2,4(7)12)6(8,9)10/h1-2H3/t5-/m0/s1. The number of carbonyl (C=O) groups excluding carboxylic acids is 2. The molecule has 0 aromatic heterocycles. The number of carbonyl (C=O) groups is 2. The molecule has 3 nitrogen and oxygen atoms in total. The lowest BCUT2D eigenvalue weighted by atomic mass is 10.1. The molecule has 0 aliphatic heterocycles. The van der Waals surface area contributed by atoms with Crippen LogP contribution in [0.1, 0.15) is 13.8 Å². The Hall–Kier alpha value is -0.780. The van der Waals surface area contributed by atoms with Gasteiger partial charge in [0.1, 0.15) is 0 Å². The molecule has 0 rings (SSSR count). The molecule has 0 spiro atoms. The van der Waals surface area contributed by atoms with E-state index in [0.717, 1.165) is 6.92 Å². The SMILES string of the molecule is CC(=O)O[C@@](C)(C(=O)Cl)C(F)(F)F. The summed E-state index contributed by atoms with van der Waals surface area (Å²) in [6.45, 7) is 1.15. The molecular weight excluding hydrogens is 213 g/mol. The van der Waals surface area contributed by atoms with Gasteiger partial charge < -0.3 is 4.74 Å². The van der Waals surface area contributed by atoms with Gasteiger partial charge in [-0.2, -0.15) is 13.2 Å². The summed E-state index contributed by atoms with van der Waals surface area (Å²) in [7, 11) is 0. The second-order valence-corrected chi connectivity index (χ2v) is 2.74. The third-order valence-electron chi connectivity index (χ3n) is 1.26. The lowest BCUT2D eigenvalue weighted by Gasteiger charge is -2.26. The highest BCUT2D eigenvalue weighted by Crippen LogP contribution is 2.35. The van der Waals surface area contributed by atoms with E-state index in [2.05, 4.69) is 16.3 Å². The van der Waals surface area contributed by atoms with Gasteiger partial charge in [0.2, 0.25) is 0 Å². The van der Waals surface area contributed by atoms with Crippen LogP contribution in [-0.2, 0) is 14.3 Å². The van der Waals surface area contributed by atoms with Gasteiger partial charge in [0, 0.05) is 6.92 Å². The predicted octanol–water partition coefficient (Wildman–Crippen LogP) is 1.64. The normalized spacial score (nSPS) is 16.2. The molecule has 7 heteroatoms. The Bertz CT molecular complexity index is 238. The lowest BCUT2D eigenvalue weighted by Crippen LogP contribution is -2.50. The molecule has 0 radical (unpaired) electrons. The molecule has 0 aromatic carbocycles. The fourth-order valence-corrected chi connectivity index (χ4v) is 0.643. The molecule has 0 saturated heterocycles. The maximum atomic E-state index is 12.1. The minimum Gasteiger partial charge on any atom is -0.440 e. The molecule has 1 atom stereocenters. The maximum absolute atomic E-state index is 12.1. The average molecular weight is 219 g/mol. The van der Waals surface area contributed by atoms with E-state index in [1.165, 1.54) is 0 Å². The summed E-state index contributed by atoms with van der Waals surface area (Å²) in [6.07, 6.45) is -5.02. The Kier molecular flexibility index (Phi) is 3.32. The van der Waals surface area contributed by atoms with Gasteiger partial charge in [0.25, 0.3) is 10.8 Å². The summed E-state index contributed by atoms with van der Waals surface area (Å²) in [5, 5.41) is -1.78. The van der Waals surface area contributed by atoms with E-state index in [-0.39, 0.29) is 0 Å². The molecule has 0 aliphatic rings. The number of esters is 1. The van der Waals surface area contributed by atoms with E-state index in [1.54, 1.807) is 0 Å². The first-order valence-corrected chi connectivity index (χ1v) is 3.45. The summed E-state index contributed by atoms with van der Waals surface area (Å²) in [4.78, 5) is 20.7. The first kappa shape index (κ1) is 12.2. The van der Waals surface area contributed by atoms with E-state index < -0.39 is 23.0 Å². The van der Waals surface area contributed by atoms with E-state index >= 15 is 0 Å². The van der Waals surface area contributed by atoms with Crippen molar-refractivity contribution in [2.45, 2.75) is 25.6 Å². The van der Waals surface area contributed by atoms with Crippen molar-refractivity contribution in [3.63, 3.8) is 0 Å². The fraction of sp³-hybridized carbons (Fsp3) is 0.667. The predicted molar refractivity (Wildman–Crippen MR) is 37.1 cm³/mol. The topological polar surface area (TPSA) is 43.4 Å². The Morgan fingerprint density at radius 1 is 1.31 bits per heavy atom. The fourth-order valence-electron chi connectivity index (χ4n) is 0.497. The zero-order chi connectivity index (χ0) is 10.9. The van der Waals surface area contributed by atoms with Gasteiger partial charge in [-0.15, -0.1) is 0 Å². The molecule has 0 heterocycles. The smallest absolute Gasteiger partial charge is 0.436 e. The summed E-state index contributed by atoms with van der Waals surface area (Å²) in [5.41, 5.74) is -3.26. The summed E-state index contributed by atoms with van der Waals surface area (Å²) in [5.74, 6) is -1.23. The number of hydrogen-bond donors (Lipinski definition) is 0. The van der Waals surface area contributed by atoms with Crippen LogP contribution in [0, 0.1) is 0 Å².